The number of aromatic nitrogens is 2. The fraction of sp³-hybridized carbons (Fsp3) is 0.344. The maximum atomic E-state index is 14.6. The number of benzene rings is 3. The van der Waals surface area contributed by atoms with Gasteiger partial charge in [0.05, 0.1) is 53.1 Å². The van der Waals surface area contributed by atoms with Gasteiger partial charge in [0.2, 0.25) is 0 Å². The van der Waals surface area contributed by atoms with E-state index < -0.39 is 27.9 Å². The molecule has 12 nitrogen and oxygen atoms in total. The van der Waals surface area contributed by atoms with Crippen molar-refractivity contribution in [2.45, 2.75) is 19.3 Å². The van der Waals surface area contributed by atoms with Gasteiger partial charge >= 0.3 is 0 Å². The third-order valence-corrected chi connectivity index (χ3v) is 8.03. The first kappa shape index (κ1) is 31.4. The maximum Gasteiger partial charge on any atom is 0.270 e. The Bertz CT molecular complexity index is 1750. The zero-order valence-electron chi connectivity index (χ0n) is 24.8. The molecule has 1 saturated carbocycles. The second kappa shape index (κ2) is 14.2. The summed E-state index contributed by atoms with van der Waals surface area (Å²) < 4.78 is 32.0. The second-order valence-corrected chi connectivity index (χ2v) is 11.6. The zero-order valence-corrected chi connectivity index (χ0v) is 25.6. The van der Waals surface area contributed by atoms with E-state index in [-0.39, 0.29) is 5.69 Å². The van der Waals surface area contributed by atoms with Gasteiger partial charge < -0.3 is 24.8 Å². The summed E-state index contributed by atoms with van der Waals surface area (Å²) in [6, 6.07) is 11.4. The molecule has 2 fully saturated rings. The number of anilines is 3. The molecule has 0 spiro atoms. The van der Waals surface area contributed by atoms with Crippen molar-refractivity contribution < 1.29 is 28.3 Å². The fourth-order valence-electron chi connectivity index (χ4n) is 5.01. The lowest BCUT2D eigenvalue weighted by molar-refractivity contribution is -0.384. The molecular formula is C32H32ClFN6O6. The van der Waals surface area contributed by atoms with Crippen LogP contribution in [0.1, 0.15) is 29.6 Å². The van der Waals surface area contributed by atoms with E-state index in [1.807, 2.05) is 6.07 Å². The number of morpholine rings is 1. The van der Waals surface area contributed by atoms with Crippen molar-refractivity contribution in [1.29, 1.82) is 0 Å². The van der Waals surface area contributed by atoms with Crippen LogP contribution in [0.25, 0.3) is 10.9 Å². The summed E-state index contributed by atoms with van der Waals surface area (Å²) >= 11 is 6.49. The third-order valence-electron chi connectivity index (χ3n) is 7.74. The van der Waals surface area contributed by atoms with E-state index in [2.05, 4.69) is 25.5 Å². The minimum Gasteiger partial charge on any atom is -0.492 e. The standard InChI is InChI=1S/C32H32ClFN6O6/c33-25-14-21(4-7-29(25)46-18-20-2-3-20)37-31-24-16-28(38-32(41)23-15-22(40(42)43)5-6-26(23)34)30(17-27(24)35-19-36-31)45-11-1-8-39-9-12-44-13-10-39/h4-7,14-17,19-20H,1-3,8-13,18H2,(H,38,41)(H,35,36,37). The van der Waals surface area contributed by atoms with E-state index in [0.29, 0.717) is 77.7 Å². The van der Waals surface area contributed by atoms with Crippen LogP contribution in [0.2, 0.25) is 5.02 Å². The summed E-state index contributed by atoms with van der Waals surface area (Å²) in [6.07, 6.45) is 4.45. The number of halogens is 2. The van der Waals surface area contributed by atoms with Crippen molar-refractivity contribution in [2.75, 3.05) is 56.7 Å². The molecule has 1 aliphatic heterocycles. The van der Waals surface area contributed by atoms with E-state index in [0.717, 1.165) is 37.8 Å². The van der Waals surface area contributed by atoms with Gasteiger partial charge in [-0.1, -0.05) is 11.6 Å². The van der Waals surface area contributed by atoms with Crippen molar-refractivity contribution in [3.63, 3.8) is 0 Å². The number of ether oxygens (including phenoxy) is 3. The van der Waals surface area contributed by atoms with Crippen LogP contribution in [-0.2, 0) is 4.74 Å². The van der Waals surface area contributed by atoms with Crippen LogP contribution in [0.4, 0.5) is 27.3 Å². The molecule has 0 atom stereocenters. The number of rotatable bonds is 13. The summed E-state index contributed by atoms with van der Waals surface area (Å²) in [5.41, 5.74) is 0.502. The predicted octanol–water partition coefficient (Wildman–Crippen LogP) is 6.22. The van der Waals surface area contributed by atoms with Crippen molar-refractivity contribution in [2.24, 2.45) is 5.92 Å². The highest BCUT2D eigenvalue weighted by atomic mass is 35.5. The highest BCUT2D eigenvalue weighted by Gasteiger charge is 2.23. The molecule has 1 aliphatic carbocycles. The number of hydrogen-bond acceptors (Lipinski definition) is 10. The van der Waals surface area contributed by atoms with Crippen LogP contribution in [-0.4, -0.2) is 71.8 Å². The summed E-state index contributed by atoms with van der Waals surface area (Å²) in [7, 11) is 0. The lowest BCUT2D eigenvalue weighted by atomic mass is 10.1. The molecule has 240 valence electrons. The molecule has 2 N–H and O–H groups in total. The third kappa shape index (κ3) is 7.79. The molecule has 2 heterocycles. The summed E-state index contributed by atoms with van der Waals surface area (Å²) in [5, 5.41) is 18.2. The largest absolute Gasteiger partial charge is 0.492 e. The zero-order chi connectivity index (χ0) is 32.0. The Kier molecular flexibility index (Phi) is 9.71. The Morgan fingerprint density at radius 3 is 2.67 bits per heavy atom. The lowest BCUT2D eigenvalue weighted by Gasteiger charge is -2.26. The number of carbonyl (C=O) groups excluding carboxylic acids is 1. The summed E-state index contributed by atoms with van der Waals surface area (Å²) in [6.45, 7) is 4.85. The molecule has 1 amide bonds. The van der Waals surface area contributed by atoms with Crippen molar-refractivity contribution in [3.8, 4) is 11.5 Å². The van der Waals surface area contributed by atoms with Gasteiger partial charge in [-0.05, 0) is 55.5 Å². The van der Waals surface area contributed by atoms with Gasteiger partial charge in [0.1, 0.15) is 29.5 Å². The number of nitrogens with zero attached hydrogens (tertiary/aromatic N) is 4. The van der Waals surface area contributed by atoms with Crippen LogP contribution in [0.5, 0.6) is 11.5 Å². The van der Waals surface area contributed by atoms with Crippen LogP contribution in [0, 0.1) is 21.8 Å². The predicted molar refractivity (Wildman–Crippen MR) is 171 cm³/mol. The van der Waals surface area contributed by atoms with E-state index in [1.165, 1.54) is 19.2 Å². The number of nitro groups is 1. The maximum absolute atomic E-state index is 14.6. The first-order valence-corrected chi connectivity index (χ1v) is 15.4. The van der Waals surface area contributed by atoms with Gasteiger partial charge in [-0.3, -0.25) is 19.8 Å². The van der Waals surface area contributed by atoms with Crippen molar-refractivity contribution in [1.82, 2.24) is 14.9 Å². The highest BCUT2D eigenvalue weighted by molar-refractivity contribution is 6.32. The molecule has 3 aromatic carbocycles. The molecule has 1 saturated heterocycles. The Morgan fingerprint density at radius 2 is 1.91 bits per heavy atom. The quantitative estimate of drug-likeness (QED) is 0.0974. The van der Waals surface area contributed by atoms with E-state index in [4.69, 9.17) is 25.8 Å². The second-order valence-electron chi connectivity index (χ2n) is 11.1. The Balaban J connectivity index is 1.26. The lowest BCUT2D eigenvalue weighted by Crippen LogP contribution is -2.37. The van der Waals surface area contributed by atoms with Gasteiger partial charge in [-0.25, -0.2) is 14.4 Å². The molecule has 0 radical (unpaired) electrons. The molecule has 14 heteroatoms. The number of nitro benzene ring substituents is 1. The van der Waals surface area contributed by atoms with Crippen LogP contribution in [0.15, 0.2) is 54.9 Å². The molecule has 1 aromatic heterocycles. The van der Waals surface area contributed by atoms with Gasteiger partial charge in [0, 0.05) is 48.9 Å². The highest BCUT2D eigenvalue weighted by Crippen LogP contribution is 2.36. The van der Waals surface area contributed by atoms with Gasteiger partial charge in [0.15, 0.2) is 0 Å². The molecular weight excluding hydrogens is 619 g/mol. The number of nitrogens with one attached hydrogen (secondary N) is 2. The number of hydrogen-bond donors (Lipinski definition) is 2. The topological polar surface area (TPSA) is 141 Å². The molecule has 0 bridgehead atoms. The molecule has 4 aromatic rings. The molecule has 6 rings (SSSR count). The number of amides is 1. The van der Waals surface area contributed by atoms with Gasteiger partial charge in [0.25, 0.3) is 11.6 Å². The minimum atomic E-state index is -0.899. The summed E-state index contributed by atoms with van der Waals surface area (Å²) in [4.78, 5) is 34.9. The van der Waals surface area contributed by atoms with E-state index in [9.17, 15) is 19.3 Å². The summed E-state index contributed by atoms with van der Waals surface area (Å²) in [5.74, 6) is 0.133. The van der Waals surface area contributed by atoms with Gasteiger partial charge in [-0.15, -0.1) is 0 Å². The number of fused-ring (bicyclic) bond motifs is 1. The van der Waals surface area contributed by atoms with E-state index in [1.54, 1.807) is 24.3 Å². The van der Waals surface area contributed by atoms with Crippen LogP contribution in [0.3, 0.4) is 0 Å². The Hall–Kier alpha value is -4.59. The monoisotopic (exact) mass is 650 g/mol. The molecule has 2 aliphatic rings. The van der Waals surface area contributed by atoms with Crippen molar-refractivity contribution >= 4 is 51.3 Å². The van der Waals surface area contributed by atoms with Gasteiger partial charge in [-0.2, -0.15) is 0 Å². The smallest absolute Gasteiger partial charge is 0.270 e. The molecule has 46 heavy (non-hydrogen) atoms. The van der Waals surface area contributed by atoms with Crippen LogP contribution < -0.4 is 20.1 Å². The Morgan fingerprint density at radius 1 is 1.09 bits per heavy atom. The van der Waals surface area contributed by atoms with Crippen LogP contribution >= 0.6 is 11.6 Å². The normalized spacial score (nSPS) is 15.0. The average molecular weight is 651 g/mol. The number of non-ortho nitro benzene ring substituents is 1. The minimum absolute atomic E-state index is 0.217. The molecule has 0 unspecified atom stereocenters. The van der Waals surface area contributed by atoms with E-state index >= 15 is 0 Å². The Labute approximate surface area is 269 Å². The first-order chi connectivity index (χ1) is 22.3. The first-order valence-electron chi connectivity index (χ1n) is 15.0. The SMILES string of the molecule is O=C(Nc1cc2c(Nc3ccc(OCC4CC4)c(Cl)c3)ncnc2cc1OCCCN1CCOCC1)c1cc([N+](=O)[O-])ccc1F. The van der Waals surface area contributed by atoms with Crippen molar-refractivity contribution in [3.05, 3.63) is 81.4 Å². The average Bonchev–Trinajstić information content (AvgIpc) is 3.88. The fourth-order valence-corrected chi connectivity index (χ4v) is 5.25. The number of carbonyl (C=O) groups is 1.